The van der Waals surface area contributed by atoms with Gasteiger partial charge in [-0.2, -0.15) is 5.26 Å². The molecule has 1 aromatic carbocycles. The Balaban J connectivity index is 1.82. The topological polar surface area (TPSA) is 86.0 Å². The molecule has 0 spiro atoms. The van der Waals surface area contributed by atoms with Crippen LogP contribution in [-0.2, 0) is 11.2 Å². The van der Waals surface area contributed by atoms with E-state index in [1.165, 1.54) is 0 Å². The van der Waals surface area contributed by atoms with Gasteiger partial charge in [-0.15, -0.1) is 0 Å². The average Bonchev–Trinajstić information content (AvgIpc) is 2.90. The van der Waals surface area contributed by atoms with Crippen molar-refractivity contribution in [3.05, 3.63) is 58.4 Å². The van der Waals surface area contributed by atoms with E-state index in [1.54, 1.807) is 18.2 Å². The van der Waals surface area contributed by atoms with Crippen molar-refractivity contribution in [3.8, 4) is 6.07 Å². The zero-order valence-corrected chi connectivity index (χ0v) is 12.4. The second-order valence-corrected chi connectivity index (χ2v) is 6.02. The van der Waals surface area contributed by atoms with Crippen molar-refractivity contribution in [2.75, 3.05) is 5.32 Å². The molecule has 2 N–H and O–H groups in total. The van der Waals surface area contributed by atoms with Gasteiger partial charge in [-0.1, -0.05) is 6.07 Å². The van der Waals surface area contributed by atoms with E-state index in [2.05, 4.69) is 16.4 Å². The minimum atomic E-state index is -0.562. The molecule has 0 bridgehead atoms. The van der Waals surface area contributed by atoms with E-state index in [0.29, 0.717) is 23.4 Å². The summed E-state index contributed by atoms with van der Waals surface area (Å²) in [6.45, 7) is 0. The summed E-state index contributed by atoms with van der Waals surface area (Å²) in [5, 5.41) is 22.1. The number of anilines is 1. The summed E-state index contributed by atoms with van der Waals surface area (Å²) < 4.78 is 0. The van der Waals surface area contributed by atoms with E-state index >= 15 is 0 Å². The molecular weight excluding hydrogens is 290 g/mol. The third-order valence-electron chi connectivity index (χ3n) is 4.58. The van der Waals surface area contributed by atoms with Crippen LogP contribution in [-0.4, -0.2) is 16.0 Å². The molecule has 1 aromatic heterocycles. The second kappa shape index (κ2) is 5.18. The molecule has 2 atom stereocenters. The fraction of sp³-hybridized carbons (Fsp3) is 0.278. The van der Waals surface area contributed by atoms with Crippen LogP contribution in [0.4, 0.5) is 5.69 Å². The lowest BCUT2D eigenvalue weighted by atomic mass is 9.90. The Bertz CT molecular complexity index is 854. The van der Waals surface area contributed by atoms with Gasteiger partial charge in [-0.05, 0) is 54.7 Å². The van der Waals surface area contributed by atoms with Crippen molar-refractivity contribution in [2.45, 2.75) is 31.3 Å². The van der Waals surface area contributed by atoms with E-state index in [9.17, 15) is 9.90 Å². The Labute approximate surface area is 133 Å². The van der Waals surface area contributed by atoms with Crippen LogP contribution in [0.15, 0.2) is 30.3 Å². The first-order valence-corrected chi connectivity index (χ1v) is 7.70. The largest absolute Gasteiger partial charge is 0.387 e. The first-order chi connectivity index (χ1) is 11.2. The molecule has 1 aliphatic carbocycles. The molecule has 1 aliphatic heterocycles. The number of aliphatic hydroxyl groups is 1. The Morgan fingerprint density at radius 3 is 3.00 bits per heavy atom. The summed E-state index contributed by atoms with van der Waals surface area (Å²) in [4.78, 5) is 17.0. The summed E-state index contributed by atoms with van der Waals surface area (Å²) >= 11 is 0. The number of carbonyl (C=O) groups is 1. The van der Waals surface area contributed by atoms with Crippen LogP contribution < -0.4 is 5.32 Å². The monoisotopic (exact) mass is 305 g/mol. The predicted octanol–water partition coefficient (Wildman–Crippen LogP) is 2.41. The first-order valence-electron chi connectivity index (χ1n) is 7.70. The van der Waals surface area contributed by atoms with Crippen molar-refractivity contribution in [3.63, 3.8) is 0 Å². The molecule has 114 valence electrons. The number of aromatic nitrogens is 1. The Kier molecular flexibility index (Phi) is 3.14. The van der Waals surface area contributed by atoms with Gasteiger partial charge in [-0.3, -0.25) is 9.78 Å². The summed E-state index contributed by atoms with van der Waals surface area (Å²) in [5.41, 5.74) is 4.37. The van der Waals surface area contributed by atoms with Gasteiger partial charge in [-0.25, -0.2) is 0 Å². The number of carbonyl (C=O) groups excluding carboxylic acids is 1. The van der Waals surface area contributed by atoms with Crippen molar-refractivity contribution in [1.82, 2.24) is 4.98 Å². The number of nitrogens with one attached hydrogen (secondary N) is 1. The number of aryl methyl sites for hydroxylation is 1. The number of nitrogens with zero attached hydrogens (tertiary/aromatic N) is 2. The van der Waals surface area contributed by atoms with Crippen LogP contribution in [0, 0.1) is 11.3 Å². The van der Waals surface area contributed by atoms with Crippen molar-refractivity contribution in [1.29, 1.82) is 5.26 Å². The SMILES string of the molecule is N#Cc1ccc2c(c1)C(c1ccc3c(n1)C(O)CCC3)C(=O)N2. The van der Waals surface area contributed by atoms with Crippen LogP contribution in [0.5, 0.6) is 0 Å². The van der Waals surface area contributed by atoms with Gasteiger partial charge < -0.3 is 10.4 Å². The minimum Gasteiger partial charge on any atom is -0.387 e. The van der Waals surface area contributed by atoms with Crippen LogP contribution >= 0.6 is 0 Å². The minimum absolute atomic E-state index is 0.146. The summed E-state index contributed by atoms with van der Waals surface area (Å²) in [7, 11) is 0. The third-order valence-corrected chi connectivity index (χ3v) is 4.58. The molecule has 2 aromatic rings. The molecule has 5 nitrogen and oxygen atoms in total. The van der Waals surface area contributed by atoms with E-state index in [4.69, 9.17) is 5.26 Å². The average molecular weight is 305 g/mol. The van der Waals surface area contributed by atoms with Gasteiger partial charge in [0.05, 0.1) is 29.1 Å². The molecule has 2 unspecified atom stereocenters. The van der Waals surface area contributed by atoms with Crippen LogP contribution in [0.1, 0.15) is 52.9 Å². The predicted molar refractivity (Wildman–Crippen MR) is 83.8 cm³/mol. The van der Waals surface area contributed by atoms with Gasteiger partial charge in [0.2, 0.25) is 5.91 Å². The van der Waals surface area contributed by atoms with Gasteiger partial charge in [0.15, 0.2) is 0 Å². The number of rotatable bonds is 1. The lowest BCUT2D eigenvalue weighted by molar-refractivity contribution is -0.116. The fourth-order valence-electron chi connectivity index (χ4n) is 3.43. The molecule has 0 radical (unpaired) electrons. The highest BCUT2D eigenvalue weighted by Gasteiger charge is 2.34. The lowest BCUT2D eigenvalue weighted by Gasteiger charge is -2.21. The molecule has 0 fully saturated rings. The highest BCUT2D eigenvalue weighted by atomic mass is 16.3. The Morgan fingerprint density at radius 1 is 1.30 bits per heavy atom. The fourth-order valence-corrected chi connectivity index (χ4v) is 3.43. The first kappa shape index (κ1) is 13.9. The zero-order valence-electron chi connectivity index (χ0n) is 12.4. The van der Waals surface area contributed by atoms with Crippen LogP contribution in [0.3, 0.4) is 0 Å². The lowest BCUT2D eigenvalue weighted by Crippen LogP contribution is -2.18. The smallest absolute Gasteiger partial charge is 0.238 e. The number of amides is 1. The maximum atomic E-state index is 12.4. The number of fused-ring (bicyclic) bond motifs is 2. The zero-order chi connectivity index (χ0) is 16.0. The molecule has 4 rings (SSSR count). The number of nitriles is 1. The highest BCUT2D eigenvalue weighted by Crippen LogP contribution is 2.38. The molecule has 0 saturated heterocycles. The normalized spacial score (nSPS) is 22.0. The maximum absolute atomic E-state index is 12.4. The van der Waals surface area contributed by atoms with Gasteiger partial charge >= 0.3 is 0 Å². The third kappa shape index (κ3) is 2.19. The number of hydrogen-bond donors (Lipinski definition) is 2. The van der Waals surface area contributed by atoms with Gasteiger partial charge in [0.1, 0.15) is 5.92 Å². The Morgan fingerprint density at radius 2 is 2.17 bits per heavy atom. The van der Waals surface area contributed by atoms with Crippen molar-refractivity contribution in [2.24, 2.45) is 0 Å². The molecular formula is C18H15N3O2. The van der Waals surface area contributed by atoms with E-state index in [1.807, 2.05) is 12.1 Å². The number of aliphatic hydroxyl groups excluding tert-OH is 1. The van der Waals surface area contributed by atoms with Crippen molar-refractivity contribution < 1.29 is 9.90 Å². The number of hydrogen-bond acceptors (Lipinski definition) is 4. The van der Waals surface area contributed by atoms with Crippen LogP contribution in [0.2, 0.25) is 0 Å². The molecule has 1 amide bonds. The summed E-state index contributed by atoms with van der Waals surface area (Å²) in [6.07, 6.45) is 2.00. The quantitative estimate of drug-likeness (QED) is 0.847. The highest BCUT2D eigenvalue weighted by molar-refractivity contribution is 6.04. The summed E-state index contributed by atoms with van der Waals surface area (Å²) in [5.74, 6) is -0.675. The van der Waals surface area contributed by atoms with Gasteiger partial charge in [0, 0.05) is 5.69 Å². The van der Waals surface area contributed by atoms with E-state index in [-0.39, 0.29) is 5.91 Å². The van der Waals surface area contributed by atoms with Crippen LogP contribution in [0.25, 0.3) is 0 Å². The molecule has 2 aliphatic rings. The molecule has 23 heavy (non-hydrogen) atoms. The number of benzene rings is 1. The Hall–Kier alpha value is -2.71. The standard InChI is InChI=1S/C18H15N3O2/c19-9-10-4-6-13-12(8-10)16(18(23)21-13)14-7-5-11-2-1-3-15(22)17(11)20-14/h4-8,15-16,22H,1-3H2,(H,21,23). The molecule has 0 saturated carbocycles. The molecule has 2 heterocycles. The maximum Gasteiger partial charge on any atom is 0.238 e. The van der Waals surface area contributed by atoms with E-state index in [0.717, 1.165) is 29.7 Å². The summed E-state index contributed by atoms with van der Waals surface area (Å²) in [6, 6.07) is 11.1. The molecule has 5 heteroatoms. The van der Waals surface area contributed by atoms with Crippen molar-refractivity contribution >= 4 is 11.6 Å². The van der Waals surface area contributed by atoms with Gasteiger partial charge in [0.25, 0.3) is 0 Å². The number of pyridine rings is 1. The van der Waals surface area contributed by atoms with E-state index < -0.39 is 12.0 Å². The second-order valence-electron chi connectivity index (χ2n) is 6.02.